The SMILES string of the molecule is CCOc1ccccc1S(=O)(=O)Nc1ccc(CC(=O)NC2CC2)cc1. The second-order valence-electron chi connectivity index (χ2n) is 6.20. The third-order valence-corrected chi connectivity index (χ3v) is 5.37. The number of nitrogens with one attached hydrogen (secondary N) is 2. The van der Waals surface area contributed by atoms with Gasteiger partial charge in [-0.1, -0.05) is 24.3 Å². The summed E-state index contributed by atoms with van der Waals surface area (Å²) in [5.41, 5.74) is 1.27. The fourth-order valence-corrected chi connectivity index (χ4v) is 3.75. The highest BCUT2D eigenvalue weighted by molar-refractivity contribution is 7.92. The number of anilines is 1. The van der Waals surface area contributed by atoms with E-state index in [2.05, 4.69) is 10.0 Å². The van der Waals surface area contributed by atoms with Gasteiger partial charge in [-0.2, -0.15) is 0 Å². The first-order valence-corrected chi connectivity index (χ1v) is 10.1. The average molecular weight is 374 g/mol. The van der Waals surface area contributed by atoms with Crippen molar-refractivity contribution < 1.29 is 17.9 Å². The fraction of sp³-hybridized carbons (Fsp3) is 0.316. The number of amides is 1. The molecule has 0 spiro atoms. The lowest BCUT2D eigenvalue weighted by Gasteiger charge is -2.12. The summed E-state index contributed by atoms with van der Waals surface area (Å²) in [7, 11) is -3.76. The van der Waals surface area contributed by atoms with Crippen LogP contribution in [-0.2, 0) is 21.2 Å². The first-order chi connectivity index (χ1) is 12.5. The first kappa shape index (κ1) is 18.3. The maximum atomic E-state index is 12.6. The summed E-state index contributed by atoms with van der Waals surface area (Å²) in [6, 6.07) is 13.6. The first-order valence-electron chi connectivity index (χ1n) is 8.61. The van der Waals surface area contributed by atoms with Crippen LogP contribution in [0.2, 0.25) is 0 Å². The molecule has 26 heavy (non-hydrogen) atoms. The molecular formula is C19H22N2O4S. The second kappa shape index (κ2) is 7.78. The zero-order valence-corrected chi connectivity index (χ0v) is 15.4. The van der Waals surface area contributed by atoms with Crippen LogP contribution in [-0.4, -0.2) is 27.0 Å². The van der Waals surface area contributed by atoms with E-state index >= 15 is 0 Å². The van der Waals surface area contributed by atoms with Gasteiger partial charge in [0.2, 0.25) is 5.91 Å². The van der Waals surface area contributed by atoms with Crippen molar-refractivity contribution in [2.24, 2.45) is 0 Å². The van der Waals surface area contributed by atoms with Crippen molar-refractivity contribution in [2.75, 3.05) is 11.3 Å². The van der Waals surface area contributed by atoms with Crippen LogP contribution < -0.4 is 14.8 Å². The molecule has 0 atom stereocenters. The Hall–Kier alpha value is -2.54. The van der Waals surface area contributed by atoms with Crippen LogP contribution in [0.4, 0.5) is 5.69 Å². The molecule has 0 aromatic heterocycles. The van der Waals surface area contributed by atoms with Crippen molar-refractivity contribution in [3.63, 3.8) is 0 Å². The van der Waals surface area contributed by atoms with E-state index in [0.717, 1.165) is 18.4 Å². The van der Waals surface area contributed by atoms with E-state index in [1.165, 1.54) is 6.07 Å². The van der Waals surface area contributed by atoms with Gasteiger partial charge in [-0.25, -0.2) is 8.42 Å². The molecule has 6 nitrogen and oxygen atoms in total. The van der Waals surface area contributed by atoms with Gasteiger partial charge >= 0.3 is 0 Å². The number of hydrogen-bond acceptors (Lipinski definition) is 4. The monoisotopic (exact) mass is 374 g/mol. The zero-order chi connectivity index (χ0) is 18.6. The van der Waals surface area contributed by atoms with Gasteiger partial charge in [0, 0.05) is 11.7 Å². The Bertz CT molecular complexity index is 875. The number of ether oxygens (including phenoxy) is 1. The summed E-state index contributed by atoms with van der Waals surface area (Å²) >= 11 is 0. The Morgan fingerprint density at radius 3 is 2.46 bits per heavy atom. The molecule has 138 valence electrons. The van der Waals surface area contributed by atoms with Crippen molar-refractivity contribution in [2.45, 2.75) is 37.1 Å². The summed E-state index contributed by atoms with van der Waals surface area (Å²) in [6.07, 6.45) is 2.39. The molecule has 0 unspecified atom stereocenters. The molecule has 0 aliphatic heterocycles. The lowest BCUT2D eigenvalue weighted by atomic mass is 10.1. The summed E-state index contributed by atoms with van der Waals surface area (Å²) in [5.74, 6) is 0.308. The van der Waals surface area contributed by atoms with Crippen molar-refractivity contribution >= 4 is 21.6 Å². The van der Waals surface area contributed by atoms with Crippen LogP contribution in [0.5, 0.6) is 5.75 Å². The predicted octanol–water partition coefficient (Wildman–Crippen LogP) is 2.71. The second-order valence-corrected chi connectivity index (χ2v) is 7.85. The Morgan fingerprint density at radius 1 is 1.12 bits per heavy atom. The molecule has 0 saturated heterocycles. The quantitative estimate of drug-likeness (QED) is 0.744. The highest BCUT2D eigenvalue weighted by Gasteiger charge is 2.23. The molecule has 0 radical (unpaired) electrons. The van der Waals surface area contributed by atoms with Crippen molar-refractivity contribution in [3.8, 4) is 5.75 Å². The zero-order valence-electron chi connectivity index (χ0n) is 14.6. The molecule has 2 aromatic rings. The van der Waals surface area contributed by atoms with E-state index in [4.69, 9.17) is 4.74 Å². The van der Waals surface area contributed by atoms with E-state index in [0.29, 0.717) is 24.1 Å². The molecule has 1 aliphatic rings. The summed E-state index contributed by atoms with van der Waals surface area (Å²) in [6.45, 7) is 2.18. The van der Waals surface area contributed by atoms with Gasteiger partial charge in [0.1, 0.15) is 10.6 Å². The average Bonchev–Trinajstić information content (AvgIpc) is 3.41. The topological polar surface area (TPSA) is 84.5 Å². The van der Waals surface area contributed by atoms with Gasteiger partial charge in [0.15, 0.2) is 0 Å². The molecule has 1 aliphatic carbocycles. The minimum Gasteiger partial charge on any atom is -0.492 e. The summed E-state index contributed by atoms with van der Waals surface area (Å²) in [4.78, 5) is 11.9. The molecule has 3 rings (SSSR count). The number of carbonyl (C=O) groups excluding carboxylic acids is 1. The van der Waals surface area contributed by atoms with Crippen LogP contribution >= 0.6 is 0 Å². The van der Waals surface area contributed by atoms with E-state index in [-0.39, 0.29) is 17.2 Å². The molecule has 0 bridgehead atoms. The number of rotatable bonds is 8. The number of benzene rings is 2. The fourth-order valence-electron chi connectivity index (χ4n) is 2.54. The van der Waals surface area contributed by atoms with E-state index in [1.54, 1.807) is 49.4 Å². The molecule has 1 fully saturated rings. The number of carbonyl (C=O) groups is 1. The lowest BCUT2D eigenvalue weighted by Crippen LogP contribution is -2.26. The summed E-state index contributed by atoms with van der Waals surface area (Å²) < 4.78 is 33.2. The standard InChI is InChI=1S/C19H22N2O4S/c1-2-25-17-5-3-4-6-18(17)26(23,24)21-16-9-7-14(8-10-16)13-19(22)20-15-11-12-15/h3-10,15,21H,2,11-13H2,1H3,(H,20,22). The van der Waals surface area contributed by atoms with E-state index in [1.807, 2.05) is 0 Å². The number of hydrogen-bond donors (Lipinski definition) is 2. The minimum absolute atomic E-state index is 0.00790. The lowest BCUT2D eigenvalue weighted by molar-refractivity contribution is -0.120. The van der Waals surface area contributed by atoms with Gasteiger partial charge in [0.25, 0.3) is 10.0 Å². The van der Waals surface area contributed by atoms with Gasteiger partial charge in [-0.05, 0) is 49.6 Å². The van der Waals surface area contributed by atoms with Gasteiger partial charge in [-0.3, -0.25) is 9.52 Å². The third kappa shape index (κ3) is 4.76. The van der Waals surface area contributed by atoms with Gasteiger partial charge in [-0.15, -0.1) is 0 Å². The molecular weight excluding hydrogens is 352 g/mol. The maximum absolute atomic E-state index is 12.6. The minimum atomic E-state index is -3.76. The highest BCUT2D eigenvalue weighted by atomic mass is 32.2. The van der Waals surface area contributed by atoms with Crippen LogP contribution in [0, 0.1) is 0 Å². The molecule has 2 N–H and O–H groups in total. The molecule has 1 saturated carbocycles. The Labute approximate surface area is 153 Å². The highest BCUT2D eigenvalue weighted by Crippen LogP contribution is 2.26. The van der Waals surface area contributed by atoms with E-state index < -0.39 is 10.0 Å². The smallest absolute Gasteiger partial charge is 0.265 e. The van der Waals surface area contributed by atoms with Gasteiger partial charge in [0.05, 0.1) is 13.0 Å². The van der Waals surface area contributed by atoms with Crippen LogP contribution in [0.25, 0.3) is 0 Å². The maximum Gasteiger partial charge on any atom is 0.265 e. The van der Waals surface area contributed by atoms with Crippen LogP contribution in [0.1, 0.15) is 25.3 Å². The predicted molar refractivity (Wildman–Crippen MR) is 99.7 cm³/mol. The molecule has 1 amide bonds. The van der Waals surface area contributed by atoms with Crippen LogP contribution in [0.15, 0.2) is 53.4 Å². The Balaban J connectivity index is 1.68. The normalized spacial score (nSPS) is 13.9. The Morgan fingerprint density at radius 2 is 1.81 bits per heavy atom. The van der Waals surface area contributed by atoms with Crippen molar-refractivity contribution in [1.82, 2.24) is 5.32 Å². The van der Waals surface area contributed by atoms with Crippen molar-refractivity contribution in [3.05, 3.63) is 54.1 Å². The van der Waals surface area contributed by atoms with Crippen molar-refractivity contribution in [1.29, 1.82) is 0 Å². The molecule has 7 heteroatoms. The number of sulfonamides is 1. The number of para-hydroxylation sites is 1. The van der Waals surface area contributed by atoms with E-state index in [9.17, 15) is 13.2 Å². The molecule has 2 aromatic carbocycles. The largest absolute Gasteiger partial charge is 0.492 e. The third-order valence-electron chi connectivity index (χ3n) is 3.95. The van der Waals surface area contributed by atoms with Gasteiger partial charge < -0.3 is 10.1 Å². The van der Waals surface area contributed by atoms with Crippen LogP contribution in [0.3, 0.4) is 0 Å². The summed E-state index contributed by atoms with van der Waals surface area (Å²) in [5, 5.41) is 2.93. The molecule has 0 heterocycles. The Kier molecular flexibility index (Phi) is 5.46.